The lowest BCUT2D eigenvalue weighted by molar-refractivity contribution is -0.119. The number of rotatable bonds is 10. The lowest BCUT2D eigenvalue weighted by Crippen LogP contribution is -2.47. The molecular weight excluding hydrogens is 402 g/mol. The maximum absolute atomic E-state index is 12.6. The molecule has 0 aromatic heterocycles. The van der Waals surface area contributed by atoms with Crippen molar-refractivity contribution in [2.45, 2.75) is 51.5 Å². The number of hydrogen-bond donors (Lipinski definition) is 1. The first-order valence-electron chi connectivity index (χ1n) is 11.5. The molecule has 1 heterocycles. The quantitative estimate of drug-likeness (QED) is 0.572. The summed E-state index contributed by atoms with van der Waals surface area (Å²) < 4.78 is 0. The normalized spacial score (nSPS) is 14.7. The molecule has 0 atom stereocenters. The zero-order chi connectivity index (χ0) is 22.8. The van der Waals surface area contributed by atoms with Crippen LogP contribution in [0, 0.1) is 0 Å². The van der Waals surface area contributed by atoms with Gasteiger partial charge in [-0.1, -0.05) is 37.3 Å². The minimum atomic E-state index is -0.140. The lowest BCUT2D eigenvalue weighted by atomic mass is 10.0. The minimum Gasteiger partial charge on any atom is -0.326 e. The Kier molecular flexibility index (Phi) is 8.99. The van der Waals surface area contributed by atoms with Crippen molar-refractivity contribution in [3.63, 3.8) is 0 Å². The predicted molar refractivity (Wildman–Crippen MR) is 128 cm³/mol. The summed E-state index contributed by atoms with van der Waals surface area (Å²) in [5.74, 6) is 0.0480. The second-order valence-electron chi connectivity index (χ2n) is 8.23. The molecule has 1 fully saturated rings. The van der Waals surface area contributed by atoms with E-state index in [0.29, 0.717) is 6.42 Å². The molecule has 0 radical (unpaired) electrons. The van der Waals surface area contributed by atoms with Gasteiger partial charge in [0.1, 0.15) is 6.29 Å². The van der Waals surface area contributed by atoms with E-state index in [2.05, 4.69) is 10.2 Å². The Morgan fingerprint density at radius 1 is 1.06 bits per heavy atom. The molecule has 32 heavy (non-hydrogen) atoms. The summed E-state index contributed by atoms with van der Waals surface area (Å²) >= 11 is 0. The number of likely N-dealkylation sites (tertiary alicyclic amines) is 1. The highest BCUT2D eigenvalue weighted by Gasteiger charge is 2.28. The number of carbonyl (C=O) groups excluding carboxylic acids is 3. The second-order valence-corrected chi connectivity index (χ2v) is 8.23. The third-order valence-electron chi connectivity index (χ3n) is 5.97. The molecule has 0 bridgehead atoms. The van der Waals surface area contributed by atoms with E-state index in [1.54, 1.807) is 0 Å². The first-order chi connectivity index (χ1) is 15.6. The van der Waals surface area contributed by atoms with Gasteiger partial charge in [0.15, 0.2) is 0 Å². The molecule has 1 saturated heterocycles. The van der Waals surface area contributed by atoms with E-state index in [1.807, 2.05) is 66.4 Å². The van der Waals surface area contributed by atoms with E-state index >= 15 is 0 Å². The second kappa shape index (κ2) is 12.2. The molecule has 6 heteroatoms. The van der Waals surface area contributed by atoms with Crippen LogP contribution in [0.3, 0.4) is 0 Å². The molecule has 6 nitrogen and oxygen atoms in total. The number of nitrogens with zero attached hydrogens (tertiary/aromatic N) is 2. The highest BCUT2D eigenvalue weighted by molar-refractivity contribution is 5.93. The molecule has 2 amide bonds. The fourth-order valence-corrected chi connectivity index (χ4v) is 4.17. The summed E-state index contributed by atoms with van der Waals surface area (Å²) in [6.45, 7) is 4.87. The van der Waals surface area contributed by atoms with Crippen LogP contribution in [0.25, 0.3) is 0 Å². The van der Waals surface area contributed by atoms with Crippen molar-refractivity contribution in [1.29, 1.82) is 0 Å². The van der Waals surface area contributed by atoms with Crippen LogP contribution in [0.2, 0.25) is 0 Å². The van der Waals surface area contributed by atoms with Crippen LogP contribution in [0.4, 0.5) is 11.4 Å². The maximum atomic E-state index is 12.6. The Hall–Kier alpha value is -2.99. The molecular formula is C26H33N3O3. The summed E-state index contributed by atoms with van der Waals surface area (Å²) in [5, 5.41) is 2.81. The summed E-state index contributed by atoms with van der Waals surface area (Å²) in [6.07, 6.45) is 4.64. The zero-order valence-electron chi connectivity index (χ0n) is 18.8. The van der Waals surface area contributed by atoms with Gasteiger partial charge in [0.2, 0.25) is 11.8 Å². The summed E-state index contributed by atoms with van der Waals surface area (Å²) in [5.41, 5.74) is 2.98. The summed E-state index contributed by atoms with van der Waals surface area (Å²) in [6, 6.07) is 18.2. The third-order valence-corrected chi connectivity index (χ3v) is 5.97. The van der Waals surface area contributed by atoms with Gasteiger partial charge in [0, 0.05) is 56.3 Å². The van der Waals surface area contributed by atoms with Crippen LogP contribution in [-0.4, -0.2) is 48.7 Å². The molecule has 170 valence electrons. The molecule has 1 aliphatic rings. The van der Waals surface area contributed by atoms with Crippen molar-refractivity contribution in [2.75, 3.05) is 29.9 Å². The standard InChI is InChI=1S/C26H33N3O3/c1-2-26(32)29(23-7-4-3-5-8-23)24-15-18-28(19-16-24)17-14-21-10-12-22(13-11-21)27-25(31)9-6-20-30/h3-5,7-8,10-13,20,24H,2,6,9,14-19H2,1H3,(H,27,31). The van der Waals surface area contributed by atoms with Crippen molar-refractivity contribution in [3.05, 3.63) is 60.2 Å². The Bertz CT molecular complexity index is 875. The molecule has 1 N–H and O–H groups in total. The number of hydrogen-bond acceptors (Lipinski definition) is 4. The van der Waals surface area contributed by atoms with Gasteiger partial charge < -0.3 is 19.9 Å². The average molecular weight is 436 g/mol. The molecule has 3 rings (SSSR count). The molecule has 0 unspecified atom stereocenters. The van der Waals surface area contributed by atoms with E-state index in [-0.39, 0.29) is 30.7 Å². The van der Waals surface area contributed by atoms with Gasteiger partial charge in [-0.05, 0) is 49.1 Å². The van der Waals surface area contributed by atoms with Gasteiger partial charge in [0.25, 0.3) is 0 Å². The average Bonchev–Trinajstić information content (AvgIpc) is 2.84. The number of para-hydroxylation sites is 1. The van der Waals surface area contributed by atoms with E-state index in [9.17, 15) is 14.4 Å². The largest absolute Gasteiger partial charge is 0.326 e. The maximum Gasteiger partial charge on any atom is 0.226 e. The topological polar surface area (TPSA) is 69.7 Å². The Labute approximate surface area is 190 Å². The van der Waals surface area contributed by atoms with Gasteiger partial charge in [-0.25, -0.2) is 0 Å². The van der Waals surface area contributed by atoms with Crippen molar-refractivity contribution in [3.8, 4) is 0 Å². The van der Waals surface area contributed by atoms with Gasteiger partial charge in [-0.15, -0.1) is 0 Å². The highest BCUT2D eigenvalue weighted by atomic mass is 16.2. The van der Waals surface area contributed by atoms with Crippen LogP contribution in [0.1, 0.15) is 44.6 Å². The fraction of sp³-hybridized carbons (Fsp3) is 0.423. The first kappa shape index (κ1) is 23.7. The van der Waals surface area contributed by atoms with Crippen LogP contribution >= 0.6 is 0 Å². The predicted octanol–water partition coefficient (Wildman–Crippen LogP) is 4.05. The lowest BCUT2D eigenvalue weighted by Gasteiger charge is -2.38. The smallest absolute Gasteiger partial charge is 0.226 e. The van der Waals surface area contributed by atoms with Crippen LogP contribution in [0.15, 0.2) is 54.6 Å². The Morgan fingerprint density at radius 3 is 2.38 bits per heavy atom. The number of nitrogens with one attached hydrogen (secondary N) is 1. The monoisotopic (exact) mass is 435 g/mol. The Balaban J connectivity index is 1.47. The number of anilines is 2. The number of amides is 2. The molecule has 0 spiro atoms. The van der Waals surface area contributed by atoms with E-state index in [0.717, 1.165) is 56.6 Å². The SMILES string of the molecule is CCC(=O)N(c1ccccc1)C1CCN(CCc2ccc(NC(=O)CCC=O)cc2)CC1. The summed E-state index contributed by atoms with van der Waals surface area (Å²) in [4.78, 5) is 39.2. The highest BCUT2D eigenvalue weighted by Crippen LogP contribution is 2.24. The van der Waals surface area contributed by atoms with Gasteiger partial charge >= 0.3 is 0 Å². The number of benzene rings is 2. The van der Waals surface area contributed by atoms with E-state index in [4.69, 9.17) is 0 Å². The van der Waals surface area contributed by atoms with Gasteiger partial charge in [-0.2, -0.15) is 0 Å². The van der Waals surface area contributed by atoms with Crippen molar-refractivity contribution in [2.24, 2.45) is 0 Å². The zero-order valence-corrected chi connectivity index (χ0v) is 18.8. The first-order valence-corrected chi connectivity index (χ1v) is 11.5. The molecule has 2 aromatic carbocycles. The molecule has 2 aromatic rings. The molecule has 1 aliphatic heterocycles. The van der Waals surface area contributed by atoms with Crippen LogP contribution in [0.5, 0.6) is 0 Å². The van der Waals surface area contributed by atoms with Crippen molar-refractivity contribution in [1.82, 2.24) is 4.90 Å². The van der Waals surface area contributed by atoms with Gasteiger partial charge in [0.05, 0.1) is 0 Å². The number of aldehydes is 1. The van der Waals surface area contributed by atoms with E-state index in [1.165, 1.54) is 5.56 Å². The third kappa shape index (κ3) is 6.76. The van der Waals surface area contributed by atoms with Crippen molar-refractivity contribution < 1.29 is 14.4 Å². The molecule has 0 saturated carbocycles. The Morgan fingerprint density at radius 2 is 1.75 bits per heavy atom. The minimum absolute atomic E-state index is 0.140. The number of piperidine rings is 1. The summed E-state index contributed by atoms with van der Waals surface area (Å²) in [7, 11) is 0. The van der Waals surface area contributed by atoms with E-state index < -0.39 is 0 Å². The van der Waals surface area contributed by atoms with Gasteiger partial charge in [-0.3, -0.25) is 9.59 Å². The number of carbonyl (C=O) groups is 3. The van der Waals surface area contributed by atoms with Crippen LogP contribution < -0.4 is 10.2 Å². The fourth-order valence-electron chi connectivity index (χ4n) is 4.17. The molecule has 0 aliphatic carbocycles. The van der Waals surface area contributed by atoms with Crippen LogP contribution in [-0.2, 0) is 20.8 Å². The van der Waals surface area contributed by atoms with Crippen molar-refractivity contribution >= 4 is 29.5 Å².